The van der Waals surface area contributed by atoms with Gasteiger partial charge >= 0.3 is 0 Å². The lowest BCUT2D eigenvalue weighted by atomic mass is 9.88. The number of aryl methyl sites for hydroxylation is 2. The Kier molecular flexibility index (Phi) is 6.44. The molecule has 0 amide bonds. The first kappa shape index (κ1) is 27.1. The van der Waals surface area contributed by atoms with Gasteiger partial charge in [0.15, 0.2) is 0 Å². The standard InChI is InChI=1S/C36H39N3O2/c1-22-9-12-30-29(17-22)28-11-10-26(20-31(28)39(30)33-19-25(13-14-37-33)35(3,4)5)41-27-16-23(2)15-24(18-27)34-38-32(21-40-34)36(6,7)8/h9-20,32H,21H2,1-8H3/t32-/m0/s1. The zero-order valence-corrected chi connectivity index (χ0v) is 25.4. The average Bonchev–Trinajstić information content (AvgIpc) is 3.51. The fourth-order valence-corrected chi connectivity index (χ4v) is 5.47. The molecule has 1 aliphatic heterocycles. The van der Waals surface area contributed by atoms with Crippen molar-refractivity contribution in [3.63, 3.8) is 0 Å². The van der Waals surface area contributed by atoms with Crippen molar-refractivity contribution >= 4 is 27.7 Å². The van der Waals surface area contributed by atoms with Crippen molar-refractivity contribution in [1.29, 1.82) is 0 Å². The van der Waals surface area contributed by atoms with Gasteiger partial charge < -0.3 is 9.47 Å². The molecule has 0 N–H and O–H groups in total. The second-order valence-electron chi connectivity index (χ2n) is 13.5. The molecule has 5 heteroatoms. The predicted molar refractivity (Wildman–Crippen MR) is 169 cm³/mol. The molecular weight excluding hydrogens is 506 g/mol. The molecule has 1 atom stereocenters. The van der Waals surface area contributed by atoms with Gasteiger partial charge in [0.2, 0.25) is 5.90 Å². The Labute approximate surface area is 242 Å². The van der Waals surface area contributed by atoms with E-state index >= 15 is 0 Å². The van der Waals surface area contributed by atoms with Crippen molar-refractivity contribution < 1.29 is 9.47 Å². The molecule has 0 fully saturated rings. The highest BCUT2D eigenvalue weighted by atomic mass is 16.5. The minimum absolute atomic E-state index is 0.0183. The maximum Gasteiger partial charge on any atom is 0.216 e. The van der Waals surface area contributed by atoms with Crippen molar-refractivity contribution in [1.82, 2.24) is 9.55 Å². The Balaban J connectivity index is 1.44. The molecular formula is C36H39N3O2. The number of hydrogen-bond donors (Lipinski definition) is 0. The predicted octanol–water partition coefficient (Wildman–Crippen LogP) is 9.08. The summed E-state index contributed by atoms with van der Waals surface area (Å²) in [6.07, 6.45) is 1.91. The van der Waals surface area contributed by atoms with Gasteiger partial charge in [-0.3, -0.25) is 4.57 Å². The van der Waals surface area contributed by atoms with Crippen LogP contribution in [0.2, 0.25) is 0 Å². The number of aliphatic imine (C=N–C) groups is 1. The highest BCUT2D eigenvalue weighted by molar-refractivity contribution is 6.09. The van der Waals surface area contributed by atoms with Crippen LogP contribution in [-0.2, 0) is 10.2 Å². The van der Waals surface area contributed by atoms with Crippen LogP contribution in [0.3, 0.4) is 0 Å². The molecule has 0 saturated heterocycles. The number of benzene rings is 3. The van der Waals surface area contributed by atoms with Gasteiger partial charge in [0.1, 0.15) is 23.9 Å². The molecule has 0 saturated carbocycles. The number of ether oxygens (including phenoxy) is 2. The number of rotatable bonds is 4. The monoisotopic (exact) mass is 545 g/mol. The van der Waals surface area contributed by atoms with Gasteiger partial charge in [-0.05, 0) is 90.4 Å². The lowest BCUT2D eigenvalue weighted by Gasteiger charge is -2.21. The topological polar surface area (TPSA) is 48.6 Å². The SMILES string of the molecule is Cc1cc(Oc2ccc3c4cc(C)ccc4n(-c4cc(C(C)(C)C)ccn4)c3c2)cc(C2=N[C@H](C(C)(C)C)CO2)c1. The van der Waals surface area contributed by atoms with E-state index in [0.29, 0.717) is 12.5 Å². The Morgan fingerprint density at radius 1 is 0.780 bits per heavy atom. The minimum atomic E-state index is 0.0183. The van der Waals surface area contributed by atoms with Crippen LogP contribution < -0.4 is 4.74 Å². The molecule has 41 heavy (non-hydrogen) atoms. The highest BCUT2D eigenvalue weighted by Gasteiger charge is 2.31. The molecule has 0 spiro atoms. The van der Waals surface area contributed by atoms with Crippen LogP contribution in [0.5, 0.6) is 11.5 Å². The molecule has 5 aromatic rings. The molecule has 0 aliphatic carbocycles. The van der Waals surface area contributed by atoms with Crippen LogP contribution in [-0.4, -0.2) is 28.1 Å². The average molecular weight is 546 g/mol. The van der Waals surface area contributed by atoms with Crippen molar-refractivity contribution in [3.05, 3.63) is 95.2 Å². The van der Waals surface area contributed by atoms with Crippen LogP contribution >= 0.6 is 0 Å². The molecule has 6 rings (SSSR count). The molecule has 0 radical (unpaired) electrons. The van der Waals surface area contributed by atoms with E-state index in [0.717, 1.165) is 39.5 Å². The number of nitrogens with zero attached hydrogens (tertiary/aromatic N) is 3. The van der Waals surface area contributed by atoms with E-state index in [2.05, 4.69) is 121 Å². The summed E-state index contributed by atoms with van der Waals surface area (Å²) in [5, 5.41) is 2.38. The largest absolute Gasteiger partial charge is 0.475 e. The van der Waals surface area contributed by atoms with E-state index < -0.39 is 0 Å². The zero-order valence-electron chi connectivity index (χ0n) is 25.4. The number of hydrogen-bond acceptors (Lipinski definition) is 4. The molecule has 1 aliphatic rings. The van der Waals surface area contributed by atoms with Gasteiger partial charge in [-0.2, -0.15) is 0 Å². The number of fused-ring (bicyclic) bond motifs is 3. The Hall–Kier alpha value is -4.12. The van der Waals surface area contributed by atoms with E-state index in [1.54, 1.807) is 0 Å². The van der Waals surface area contributed by atoms with Crippen LogP contribution in [0.4, 0.5) is 0 Å². The van der Waals surface area contributed by atoms with E-state index in [4.69, 9.17) is 19.5 Å². The van der Waals surface area contributed by atoms with Gasteiger partial charge in [0, 0.05) is 28.6 Å². The Morgan fingerprint density at radius 2 is 1.59 bits per heavy atom. The lowest BCUT2D eigenvalue weighted by Crippen LogP contribution is -2.25. The molecule has 0 bridgehead atoms. The molecule has 210 valence electrons. The van der Waals surface area contributed by atoms with Gasteiger partial charge in [-0.25, -0.2) is 9.98 Å². The first-order chi connectivity index (χ1) is 19.4. The van der Waals surface area contributed by atoms with Gasteiger partial charge in [0.05, 0.1) is 17.1 Å². The quantitative estimate of drug-likeness (QED) is 0.226. The van der Waals surface area contributed by atoms with Crippen molar-refractivity contribution in [2.24, 2.45) is 10.4 Å². The van der Waals surface area contributed by atoms with E-state index in [-0.39, 0.29) is 16.9 Å². The van der Waals surface area contributed by atoms with Crippen molar-refractivity contribution in [3.8, 4) is 17.3 Å². The smallest absolute Gasteiger partial charge is 0.216 e. The Morgan fingerprint density at radius 3 is 2.32 bits per heavy atom. The number of aromatic nitrogens is 2. The molecule has 2 aromatic heterocycles. The third-order valence-corrected chi connectivity index (χ3v) is 7.92. The van der Waals surface area contributed by atoms with E-state index in [9.17, 15) is 0 Å². The summed E-state index contributed by atoms with van der Waals surface area (Å²) >= 11 is 0. The summed E-state index contributed by atoms with van der Waals surface area (Å²) in [5.41, 5.74) is 6.78. The van der Waals surface area contributed by atoms with Gasteiger partial charge in [0.25, 0.3) is 0 Å². The molecule has 3 aromatic carbocycles. The lowest BCUT2D eigenvalue weighted by molar-refractivity contribution is 0.236. The summed E-state index contributed by atoms with van der Waals surface area (Å²) in [4.78, 5) is 9.71. The first-order valence-corrected chi connectivity index (χ1v) is 14.4. The second-order valence-corrected chi connectivity index (χ2v) is 13.5. The maximum atomic E-state index is 6.51. The van der Waals surface area contributed by atoms with Gasteiger partial charge in [-0.15, -0.1) is 0 Å². The fourth-order valence-electron chi connectivity index (χ4n) is 5.47. The summed E-state index contributed by atoms with van der Waals surface area (Å²) < 4.78 is 14.8. The second kappa shape index (κ2) is 9.76. The zero-order chi connectivity index (χ0) is 29.1. The van der Waals surface area contributed by atoms with E-state index in [1.165, 1.54) is 21.9 Å². The van der Waals surface area contributed by atoms with Crippen LogP contribution in [0.25, 0.3) is 27.6 Å². The molecule has 5 nitrogen and oxygen atoms in total. The third-order valence-electron chi connectivity index (χ3n) is 7.92. The molecule has 3 heterocycles. The fraction of sp³-hybridized carbons (Fsp3) is 0.333. The summed E-state index contributed by atoms with van der Waals surface area (Å²) in [6, 6.07) is 23.6. The normalized spacial score (nSPS) is 15.8. The number of pyridine rings is 1. The van der Waals surface area contributed by atoms with Crippen molar-refractivity contribution in [2.75, 3.05) is 6.61 Å². The molecule has 0 unspecified atom stereocenters. The highest BCUT2D eigenvalue weighted by Crippen LogP contribution is 2.37. The summed E-state index contributed by atoms with van der Waals surface area (Å²) in [7, 11) is 0. The third kappa shape index (κ3) is 5.21. The van der Waals surface area contributed by atoms with Gasteiger partial charge in [-0.1, -0.05) is 53.2 Å². The first-order valence-electron chi connectivity index (χ1n) is 14.4. The summed E-state index contributed by atoms with van der Waals surface area (Å²) in [6.45, 7) is 18.1. The Bertz CT molecular complexity index is 1820. The van der Waals surface area contributed by atoms with Crippen LogP contribution in [0, 0.1) is 19.3 Å². The van der Waals surface area contributed by atoms with E-state index in [1.807, 2.05) is 12.3 Å². The van der Waals surface area contributed by atoms with Crippen LogP contribution in [0.1, 0.15) is 63.8 Å². The summed E-state index contributed by atoms with van der Waals surface area (Å²) in [5.74, 6) is 3.12. The van der Waals surface area contributed by atoms with Crippen molar-refractivity contribution in [2.45, 2.75) is 66.8 Å². The minimum Gasteiger partial charge on any atom is -0.475 e. The maximum absolute atomic E-state index is 6.51. The van der Waals surface area contributed by atoms with Crippen LogP contribution in [0.15, 0.2) is 77.9 Å².